The molecule has 0 aromatic heterocycles. The van der Waals surface area contributed by atoms with Crippen LogP contribution in [0.4, 0.5) is 0 Å². The summed E-state index contributed by atoms with van der Waals surface area (Å²) < 4.78 is 0. The zero-order valence-corrected chi connectivity index (χ0v) is 9.69. The first kappa shape index (κ1) is 9.55. The molecule has 2 aliphatic carbocycles. The molecule has 2 fully saturated rings. The Balaban J connectivity index is 2.04. The Morgan fingerprint density at radius 3 is 2.38 bits per heavy atom. The van der Waals surface area contributed by atoms with Crippen molar-refractivity contribution in [3.8, 4) is 0 Å². The Labute approximate surface area is 83.1 Å². The predicted octanol–water partition coefficient (Wildman–Crippen LogP) is 4.25. The van der Waals surface area contributed by atoms with E-state index in [1.54, 1.807) is 0 Å². The Morgan fingerprint density at radius 1 is 1.38 bits per heavy atom. The van der Waals surface area contributed by atoms with E-state index in [1.807, 2.05) is 0 Å². The first-order valence-electron chi connectivity index (χ1n) is 6.02. The summed E-state index contributed by atoms with van der Waals surface area (Å²) in [6.45, 7) is 9.77. The summed E-state index contributed by atoms with van der Waals surface area (Å²) in [5.41, 5.74) is 1.50. The smallest absolute Gasteiger partial charge is 0.0263 e. The van der Waals surface area contributed by atoms with Gasteiger partial charge in [0.2, 0.25) is 0 Å². The van der Waals surface area contributed by atoms with Crippen LogP contribution in [-0.4, -0.2) is 0 Å². The van der Waals surface area contributed by atoms with Gasteiger partial charge in [-0.15, -0.1) is 0 Å². The molecule has 0 amide bonds. The first-order chi connectivity index (χ1) is 6.02. The molecule has 13 heavy (non-hydrogen) atoms. The van der Waals surface area contributed by atoms with E-state index in [0.29, 0.717) is 5.41 Å². The number of hydrogen-bond donors (Lipinski definition) is 0. The van der Waals surface area contributed by atoms with E-state index in [1.165, 1.54) is 32.1 Å². The molecule has 0 heterocycles. The summed E-state index contributed by atoms with van der Waals surface area (Å²) in [6.07, 6.45) is 7.43. The summed E-state index contributed by atoms with van der Waals surface area (Å²) in [5.74, 6) is 1.97. The van der Waals surface area contributed by atoms with Crippen LogP contribution in [0.2, 0.25) is 0 Å². The van der Waals surface area contributed by atoms with Gasteiger partial charge < -0.3 is 0 Å². The summed E-state index contributed by atoms with van der Waals surface area (Å²) in [5, 5.41) is 0. The van der Waals surface area contributed by atoms with Crippen LogP contribution in [0, 0.1) is 22.7 Å². The molecule has 0 aromatic carbocycles. The van der Waals surface area contributed by atoms with Crippen molar-refractivity contribution in [1.29, 1.82) is 0 Å². The van der Waals surface area contributed by atoms with Gasteiger partial charge in [0, 0.05) is 0 Å². The van der Waals surface area contributed by atoms with E-state index < -0.39 is 0 Å². The Bertz CT molecular complexity index is 208. The Kier molecular flexibility index (Phi) is 2.02. The Morgan fingerprint density at radius 2 is 2.00 bits per heavy atom. The van der Waals surface area contributed by atoms with Crippen LogP contribution in [0.5, 0.6) is 0 Å². The van der Waals surface area contributed by atoms with Crippen LogP contribution in [0.1, 0.15) is 59.8 Å². The maximum absolute atomic E-state index is 2.53. The molecular weight excluding hydrogens is 156 g/mol. The molecule has 76 valence electrons. The van der Waals surface area contributed by atoms with Gasteiger partial charge in [-0.05, 0) is 48.3 Å². The normalized spacial score (nSPS) is 51.2. The van der Waals surface area contributed by atoms with Gasteiger partial charge in [0.15, 0.2) is 0 Å². The summed E-state index contributed by atoms with van der Waals surface area (Å²) in [7, 11) is 0. The molecular formula is C13H24. The topological polar surface area (TPSA) is 0 Å². The molecule has 0 aliphatic heterocycles. The van der Waals surface area contributed by atoms with E-state index in [2.05, 4.69) is 27.7 Å². The van der Waals surface area contributed by atoms with Gasteiger partial charge in [-0.3, -0.25) is 0 Å². The SMILES string of the molecule is CCC(C)C1(C)CCC2(CC2C)C1. The van der Waals surface area contributed by atoms with Crippen molar-refractivity contribution in [2.45, 2.75) is 59.8 Å². The van der Waals surface area contributed by atoms with E-state index >= 15 is 0 Å². The highest BCUT2D eigenvalue weighted by Crippen LogP contribution is 2.68. The molecule has 2 aliphatic rings. The lowest BCUT2D eigenvalue weighted by atomic mass is 9.74. The Hall–Kier alpha value is 0. The van der Waals surface area contributed by atoms with Gasteiger partial charge >= 0.3 is 0 Å². The van der Waals surface area contributed by atoms with Crippen molar-refractivity contribution in [3.05, 3.63) is 0 Å². The lowest BCUT2D eigenvalue weighted by Gasteiger charge is -2.31. The number of rotatable bonds is 2. The fraction of sp³-hybridized carbons (Fsp3) is 1.00. The standard InChI is InChI=1S/C13H24/c1-5-10(2)12(4)6-7-13(9-12)8-11(13)3/h10-11H,5-9H2,1-4H3. The van der Waals surface area contributed by atoms with Crippen molar-refractivity contribution in [3.63, 3.8) is 0 Å². The van der Waals surface area contributed by atoms with Crippen molar-refractivity contribution in [2.24, 2.45) is 22.7 Å². The lowest BCUT2D eigenvalue weighted by molar-refractivity contribution is 0.191. The second-order valence-electron chi connectivity index (χ2n) is 6.11. The molecule has 4 unspecified atom stereocenters. The third kappa shape index (κ3) is 1.33. The summed E-state index contributed by atoms with van der Waals surface area (Å²) >= 11 is 0. The highest BCUT2D eigenvalue weighted by atomic mass is 14.6. The van der Waals surface area contributed by atoms with Crippen molar-refractivity contribution in [2.75, 3.05) is 0 Å². The maximum Gasteiger partial charge on any atom is -0.0263 e. The molecule has 0 heteroatoms. The van der Waals surface area contributed by atoms with Crippen molar-refractivity contribution >= 4 is 0 Å². The molecule has 0 bridgehead atoms. The zero-order valence-electron chi connectivity index (χ0n) is 9.69. The van der Waals surface area contributed by atoms with Gasteiger partial charge in [0.25, 0.3) is 0 Å². The molecule has 4 atom stereocenters. The second-order valence-corrected chi connectivity index (χ2v) is 6.11. The third-order valence-corrected chi connectivity index (χ3v) is 5.35. The van der Waals surface area contributed by atoms with Crippen LogP contribution < -0.4 is 0 Å². The molecule has 0 saturated heterocycles. The highest BCUT2D eigenvalue weighted by molar-refractivity contribution is 5.08. The quantitative estimate of drug-likeness (QED) is 0.596. The van der Waals surface area contributed by atoms with E-state index in [0.717, 1.165) is 17.3 Å². The monoisotopic (exact) mass is 180 g/mol. The van der Waals surface area contributed by atoms with Gasteiger partial charge in [-0.1, -0.05) is 34.1 Å². The largest absolute Gasteiger partial charge is 0.0651 e. The van der Waals surface area contributed by atoms with Crippen LogP contribution >= 0.6 is 0 Å². The van der Waals surface area contributed by atoms with Gasteiger partial charge in [0.05, 0.1) is 0 Å². The molecule has 0 nitrogen and oxygen atoms in total. The molecule has 2 rings (SSSR count). The van der Waals surface area contributed by atoms with Gasteiger partial charge in [-0.25, -0.2) is 0 Å². The van der Waals surface area contributed by atoms with Gasteiger partial charge in [-0.2, -0.15) is 0 Å². The van der Waals surface area contributed by atoms with E-state index in [-0.39, 0.29) is 0 Å². The predicted molar refractivity (Wildman–Crippen MR) is 57.6 cm³/mol. The maximum atomic E-state index is 2.53. The highest BCUT2D eigenvalue weighted by Gasteiger charge is 2.58. The average Bonchev–Trinajstić information content (AvgIpc) is 2.55. The van der Waals surface area contributed by atoms with E-state index in [4.69, 9.17) is 0 Å². The van der Waals surface area contributed by atoms with Crippen molar-refractivity contribution < 1.29 is 0 Å². The van der Waals surface area contributed by atoms with Crippen molar-refractivity contribution in [1.82, 2.24) is 0 Å². The lowest BCUT2D eigenvalue weighted by Crippen LogP contribution is -2.21. The molecule has 0 N–H and O–H groups in total. The summed E-state index contributed by atoms with van der Waals surface area (Å²) in [4.78, 5) is 0. The fourth-order valence-corrected chi connectivity index (χ4v) is 3.57. The van der Waals surface area contributed by atoms with Crippen LogP contribution in [0.25, 0.3) is 0 Å². The molecule has 0 radical (unpaired) electrons. The third-order valence-electron chi connectivity index (χ3n) is 5.35. The van der Waals surface area contributed by atoms with Gasteiger partial charge in [0.1, 0.15) is 0 Å². The second kappa shape index (κ2) is 2.74. The first-order valence-corrected chi connectivity index (χ1v) is 6.02. The summed E-state index contributed by atoms with van der Waals surface area (Å²) in [6, 6.07) is 0. The van der Waals surface area contributed by atoms with Crippen LogP contribution in [0.15, 0.2) is 0 Å². The minimum atomic E-state index is 0.680. The number of hydrogen-bond acceptors (Lipinski definition) is 0. The fourth-order valence-electron chi connectivity index (χ4n) is 3.57. The molecule has 1 spiro atoms. The van der Waals surface area contributed by atoms with Crippen LogP contribution in [0.3, 0.4) is 0 Å². The minimum Gasteiger partial charge on any atom is -0.0651 e. The van der Waals surface area contributed by atoms with Crippen LogP contribution in [-0.2, 0) is 0 Å². The van der Waals surface area contributed by atoms with E-state index in [9.17, 15) is 0 Å². The zero-order chi connectivity index (χ0) is 9.69. The average molecular weight is 180 g/mol. The molecule has 2 saturated carbocycles. The minimum absolute atomic E-state index is 0.680. The molecule has 0 aromatic rings.